The molecule has 7 heteroatoms. The summed E-state index contributed by atoms with van der Waals surface area (Å²) >= 11 is 6.50. The van der Waals surface area contributed by atoms with Crippen molar-refractivity contribution in [2.45, 2.75) is 38.7 Å². The van der Waals surface area contributed by atoms with E-state index < -0.39 is 11.0 Å². The first kappa shape index (κ1) is 24.6. The Morgan fingerprint density at radius 2 is 1.81 bits per heavy atom. The summed E-state index contributed by atoms with van der Waals surface area (Å²) in [6.07, 6.45) is 1.46. The lowest BCUT2D eigenvalue weighted by Crippen LogP contribution is -2.48. The number of Topliss-reactive ketones (excluding diaryl/α,β-unsaturated/α-hetero) is 1. The number of aliphatic hydroxyl groups is 1. The smallest absolute Gasteiger partial charge is 0.163 e. The Labute approximate surface area is 214 Å². The van der Waals surface area contributed by atoms with E-state index in [0.717, 1.165) is 10.9 Å². The number of halogens is 2. The minimum absolute atomic E-state index is 0.0490. The molecule has 4 aromatic rings. The maximum Gasteiger partial charge on any atom is 0.163 e. The molecule has 0 amide bonds. The molecule has 0 spiro atoms. The summed E-state index contributed by atoms with van der Waals surface area (Å²) in [5.41, 5.74) is 1.78. The van der Waals surface area contributed by atoms with Crippen molar-refractivity contribution in [2.75, 3.05) is 13.2 Å². The first-order valence-electron chi connectivity index (χ1n) is 12.1. The van der Waals surface area contributed by atoms with Gasteiger partial charge in [0.05, 0.1) is 21.8 Å². The molecule has 1 saturated heterocycles. The van der Waals surface area contributed by atoms with E-state index in [0.29, 0.717) is 53.5 Å². The number of aromatic nitrogens is 2. The first-order valence-corrected chi connectivity index (χ1v) is 12.4. The van der Waals surface area contributed by atoms with Crippen LogP contribution in [-0.2, 0) is 4.74 Å². The Bertz CT molecular complexity index is 1420. The summed E-state index contributed by atoms with van der Waals surface area (Å²) < 4.78 is 20.9. The van der Waals surface area contributed by atoms with Crippen molar-refractivity contribution >= 4 is 28.3 Å². The number of ether oxygens (including phenoxy) is 1. The molecule has 1 fully saturated rings. The fourth-order valence-electron chi connectivity index (χ4n) is 5.10. The van der Waals surface area contributed by atoms with Crippen LogP contribution in [0.4, 0.5) is 4.39 Å². The third-order valence-electron chi connectivity index (χ3n) is 7.45. The fraction of sp³-hybridized carbons (Fsp3) is 0.310. The lowest BCUT2D eigenvalue weighted by Gasteiger charge is -2.45. The second kappa shape index (κ2) is 9.43. The molecule has 186 valence electrons. The number of hydrogen-bond donors (Lipinski definition) is 1. The number of rotatable bonds is 6. The van der Waals surface area contributed by atoms with Gasteiger partial charge in [-0.25, -0.2) is 9.07 Å². The van der Waals surface area contributed by atoms with Crippen LogP contribution in [0.1, 0.15) is 43.5 Å². The number of nitrogens with zero attached hydrogens (tertiary/aromatic N) is 2. The third-order valence-corrected chi connectivity index (χ3v) is 7.78. The summed E-state index contributed by atoms with van der Waals surface area (Å²) in [6, 6.07) is 19.0. The van der Waals surface area contributed by atoms with Gasteiger partial charge in [0.1, 0.15) is 11.5 Å². The van der Waals surface area contributed by atoms with Gasteiger partial charge in [-0.2, -0.15) is 5.10 Å². The molecule has 5 nitrogen and oxygen atoms in total. The molecule has 0 bridgehead atoms. The average Bonchev–Trinajstić information content (AvgIpc) is 3.23. The van der Waals surface area contributed by atoms with Crippen LogP contribution in [0.15, 0.2) is 66.7 Å². The van der Waals surface area contributed by atoms with E-state index in [-0.39, 0.29) is 18.0 Å². The standard InChI is InChI=1S/C29H28ClFN2O3/c1-28(2,35)29(13-15-36-16-14-29)18-26(34)19-7-12-23-25(17-19)33(21-10-8-20(31)9-11-21)32-27(23)22-5-3-4-6-24(22)30/h3-12,17,35H,13-16,18H2,1-2H3. The van der Waals surface area contributed by atoms with Crippen LogP contribution in [0.2, 0.25) is 5.02 Å². The summed E-state index contributed by atoms with van der Waals surface area (Å²) in [4.78, 5) is 13.6. The van der Waals surface area contributed by atoms with Crippen LogP contribution in [-0.4, -0.2) is 39.5 Å². The van der Waals surface area contributed by atoms with Gasteiger partial charge in [0, 0.05) is 41.6 Å². The van der Waals surface area contributed by atoms with Crippen LogP contribution >= 0.6 is 11.6 Å². The molecule has 0 saturated carbocycles. The molecule has 0 atom stereocenters. The van der Waals surface area contributed by atoms with Crippen molar-refractivity contribution in [3.05, 3.63) is 83.1 Å². The zero-order valence-electron chi connectivity index (χ0n) is 20.3. The predicted octanol–water partition coefficient (Wildman–Crippen LogP) is 6.63. The Kier molecular flexibility index (Phi) is 6.45. The van der Waals surface area contributed by atoms with Crippen molar-refractivity contribution < 1.29 is 19.0 Å². The molecule has 0 unspecified atom stereocenters. The molecule has 1 aliphatic heterocycles. The van der Waals surface area contributed by atoms with Crippen molar-refractivity contribution in [1.29, 1.82) is 0 Å². The molecular formula is C29H28ClFN2O3. The van der Waals surface area contributed by atoms with E-state index in [4.69, 9.17) is 21.4 Å². The van der Waals surface area contributed by atoms with Gasteiger partial charge in [-0.05, 0) is 69.2 Å². The van der Waals surface area contributed by atoms with Gasteiger partial charge in [0.2, 0.25) is 0 Å². The monoisotopic (exact) mass is 506 g/mol. The van der Waals surface area contributed by atoms with E-state index in [2.05, 4.69) is 0 Å². The van der Waals surface area contributed by atoms with Crippen LogP contribution < -0.4 is 0 Å². The lowest BCUT2D eigenvalue weighted by atomic mass is 9.65. The highest BCUT2D eigenvalue weighted by molar-refractivity contribution is 6.33. The van der Waals surface area contributed by atoms with Gasteiger partial charge < -0.3 is 9.84 Å². The number of hydrogen-bond acceptors (Lipinski definition) is 4. The maximum atomic E-state index is 13.6. The predicted molar refractivity (Wildman–Crippen MR) is 139 cm³/mol. The average molecular weight is 507 g/mol. The second-order valence-corrected chi connectivity index (χ2v) is 10.4. The van der Waals surface area contributed by atoms with E-state index in [1.807, 2.05) is 36.4 Å². The first-order chi connectivity index (χ1) is 17.2. The molecule has 0 radical (unpaired) electrons. The molecular weight excluding hydrogens is 479 g/mol. The van der Waals surface area contributed by atoms with Gasteiger partial charge in [-0.3, -0.25) is 4.79 Å². The quantitative estimate of drug-likeness (QED) is 0.298. The molecule has 1 aromatic heterocycles. The topological polar surface area (TPSA) is 64.3 Å². The van der Waals surface area contributed by atoms with E-state index >= 15 is 0 Å². The summed E-state index contributed by atoms with van der Waals surface area (Å²) in [6.45, 7) is 4.59. The van der Waals surface area contributed by atoms with Crippen LogP contribution in [0.25, 0.3) is 27.8 Å². The molecule has 1 aliphatic rings. The third kappa shape index (κ3) is 4.45. The zero-order valence-corrected chi connectivity index (χ0v) is 21.1. The Hall–Kier alpha value is -3.06. The van der Waals surface area contributed by atoms with Crippen molar-refractivity contribution in [3.63, 3.8) is 0 Å². The summed E-state index contributed by atoms with van der Waals surface area (Å²) in [7, 11) is 0. The summed E-state index contributed by atoms with van der Waals surface area (Å²) in [5, 5.41) is 17.2. The Balaban J connectivity index is 1.62. The van der Waals surface area contributed by atoms with Crippen LogP contribution in [0.3, 0.4) is 0 Å². The second-order valence-electron chi connectivity index (χ2n) is 10.0. The van der Waals surface area contributed by atoms with E-state index in [1.165, 1.54) is 12.1 Å². The highest BCUT2D eigenvalue weighted by Crippen LogP contribution is 2.45. The fourth-order valence-corrected chi connectivity index (χ4v) is 5.32. The van der Waals surface area contributed by atoms with Crippen molar-refractivity contribution in [1.82, 2.24) is 9.78 Å². The Morgan fingerprint density at radius 3 is 2.47 bits per heavy atom. The minimum Gasteiger partial charge on any atom is -0.390 e. The van der Waals surface area contributed by atoms with Crippen molar-refractivity contribution in [3.8, 4) is 16.9 Å². The Morgan fingerprint density at radius 1 is 1.11 bits per heavy atom. The van der Waals surface area contributed by atoms with Gasteiger partial charge in [0.15, 0.2) is 5.78 Å². The molecule has 2 heterocycles. The normalized spacial score (nSPS) is 15.8. The highest BCUT2D eigenvalue weighted by Gasteiger charge is 2.46. The number of carbonyl (C=O) groups is 1. The van der Waals surface area contributed by atoms with Gasteiger partial charge >= 0.3 is 0 Å². The van der Waals surface area contributed by atoms with Crippen molar-refractivity contribution in [2.24, 2.45) is 5.41 Å². The number of benzene rings is 3. The van der Waals surface area contributed by atoms with E-state index in [1.54, 1.807) is 36.7 Å². The largest absolute Gasteiger partial charge is 0.390 e. The minimum atomic E-state index is -1.02. The SMILES string of the molecule is CC(C)(O)C1(CC(=O)c2ccc3c(-c4ccccc4Cl)nn(-c4ccc(F)cc4)c3c2)CCOCC1. The highest BCUT2D eigenvalue weighted by atomic mass is 35.5. The van der Waals surface area contributed by atoms with Crippen LogP contribution in [0, 0.1) is 11.2 Å². The van der Waals surface area contributed by atoms with Gasteiger partial charge in [-0.1, -0.05) is 35.9 Å². The number of carbonyl (C=O) groups excluding carboxylic acids is 1. The van der Waals surface area contributed by atoms with Crippen LogP contribution in [0.5, 0.6) is 0 Å². The number of ketones is 1. The maximum absolute atomic E-state index is 13.6. The molecule has 36 heavy (non-hydrogen) atoms. The number of fused-ring (bicyclic) bond motifs is 1. The molecule has 5 rings (SSSR count). The zero-order chi connectivity index (χ0) is 25.5. The molecule has 0 aliphatic carbocycles. The van der Waals surface area contributed by atoms with Gasteiger partial charge in [-0.15, -0.1) is 0 Å². The van der Waals surface area contributed by atoms with Gasteiger partial charge in [0.25, 0.3) is 0 Å². The summed E-state index contributed by atoms with van der Waals surface area (Å²) in [5.74, 6) is -0.391. The lowest BCUT2D eigenvalue weighted by molar-refractivity contribution is -0.111. The van der Waals surface area contributed by atoms with E-state index in [9.17, 15) is 14.3 Å². The molecule has 1 N–H and O–H groups in total. The molecule has 3 aromatic carbocycles.